The van der Waals surface area contributed by atoms with Crippen LogP contribution in [-0.4, -0.2) is 15.6 Å². The summed E-state index contributed by atoms with van der Waals surface area (Å²) in [6.07, 6.45) is 2.35. The first-order chi connectivity index (χ1) is 7.63. The Bertz CT molecular complexity index is 531. The van der Waals surface area contributed by atoms with Crippen LogP contribution in [0.2, 0.25) is 0 Å². The second-order valence-electron chi connectivity index (χ2n) is 3.80. The lowest BCUT2D eigenvalue weighted by atomic mass is 10.2. The maximum absolute atomic E-state index is 11.1. The van der Waals surface area contributed by atoms with Gasteiger partial charge in [0.15, 0.2) is 0 Å². The Morgan fingerprint density at radius 2 is 2.25 bits per heavy atom. The van der Waals surface area contributed by atoms with Gasteiger partial charge in [-0.2, -0.15) is 0 Å². The lowest BCUT2D eigenvalue weighted by Crippen LogP contribution is -2.17. The molecule has 1 heterocycles. The van der Waals surface area contributed by atoms with Gasteiger partial charge in [0.05, 0.1) is 5.52 Å². The molecular formula is C12H14N2O2. The molecule has 0 saturated carbocycles. The van der Waals surface area contributed by atoms with Crippen LogP contribution < -0.4 is 5.73 Å². The van der Waals surface area contributed by atoms with Gasteiger partial charge in [0.1, 0.15) is 6.04 Å². The maximum atomic E-state index is 11.1. The molecule has 0 amide bonds. The van der Waals surface area contributed by atoms with E-state index in [4.69, 9.17) is 10.8 Å². The Morgan fingerprint density at radius 1 is 1.50 bits per heavy atom. The summed E-state index contributed by atoms with van der Waals surface area (Å²) in [5.41, 5.74) is 7.22. The molecule has 0 aliphatic rings. The van der Waals surface area contributed by atoms with Crippen molar-refractivity contribution < 1.29 is 9.90 Å². The molecule has 16 heavy (non-hydrogen) atoms. The number of carbonyl (C=O) groups is 1. The third kappa shape index (κ3) is 1.62. The van der Waals surface area contributed by atoms with Gasteiger partial charge < -0.3 is 15.4 Å². The van der Waals surface area contributed by atoms with Gasteiger partial charge in [0.2, 0.25) is 0 Å². The minimum Gasteiger partial charge on any atom is -0.480 e. The zero-order chi connectivity index (χ0) is 11.7. The number of nitrogens with two attached hydrogens (primary N) is 1. The summed E-state index contributed by atoms with van der Waals surface area (Å²) in [5.74, 6) is -0.817. The summed E-state index contributed by atoms with van der Waals surface area (Å²) in [5, 5.41) is 10.1. The van der Waals surface area contributed by atoms with E-state index in [0.717, 1.165) is 10.9 Å². The van der Waals surface area contributed by atoms with Crippen molar-refractivity contribution in [2.45, 2.75) is 19.4 Å². The van der Waals surface area contributed by atoms with Crippen molar-refractivity contribution in [1.29, 1.82) is 0 Å². The molecule has 0 aliphatic carbocycles. The van der Waals surface area contributed by atoms with E-state index < -0.39 is 12.0 Å². The molecule has 0 saturated heterocycles. The lowest BCUT2D eigenvalue weighted by molar-refractivity contribution is -0.140. The van der Waals surface area contributed by atoms with Crippen LogP contribution in [0, 0.1) is 0 Å². The fourth-order valence-corrected chi connectivity index (χ4v) is 1.93. The number of benzene rings is 1. The Hall–Kier alpha value is -1.97. The number of hydrogen-bond acceptors (Lipinski definition) is 2. The molecule has 2 aromatic rings. The van der Waals surface area contributed by atoms with Crippen molar-refractivity contribution in [3.8, 4) is 0 Å². The highest BCUT2D eigenvalue weighted by Gasteiger charge is 2.18. The van der Waals surface area contributed by atoms with Gasteiger partial charge in [-0.3, -0.25) is 0 Å². The first kappa shape index (κ1) is 10.5. The second-order valence-corrected chi connectivity index (χ2v) is 3.80. The van der Waals surface area contributed by atoms with Crippen LogP contribution in [0.25, 0.3) is 10.9 Å². The molecule has 0 fully saturated rings. The molecule has 3 N–H and O–H groups in total. The third-order valence-corrected chi connectivity index (χ3v) is 2.75. The third-order valence-electron chi connectivity index (χ3n) is 2.75. The number of fused-ring (bicyclic) bond motifs is 1. The second kappa shape index (κ2) is 3.89. The van der Waals surface area contributed by atoms with Gasteiger partial charge in [-0.15, -0.1) is 0 Å². The Labute approximate surface area is 93.3 Å². The summed E-state index contributed by atoms with van der Waals surface area (Å²) in [7, 11) is 0. The van der Waals surface area contributed by atoms with Crippen LogP contribution >= 0.6 is 0 Å². The Kier molecular flexibility index (Phi) is 2.56. The van der Waals surface area contributed by atoms with Crippen molar-refractivity contribution in [2.24, 2.45) is 0 Å². The summed E-state index contributed by atoms with van der Waals surface area (Å²) >= 11 is 0. The topological polar surface area (TPSA) is 68.2 Å². The zero-order valence-corrected chi connectivity index (χ0v) is 9.05. The number of aromatic nitrogens is 1. The van der Waals surface area contributed by atoms with Crippen molar-refractivity contribution in [2.75, 3.05) is 5.73 Å². The Balaban J connectivity index is 2.59. The van der Waals surface area contributed by atoms with Crippen LogP contribution in [-0.2, 0) is 4.79 Å². The average molecular weight is 218 g/mol. The smallest absolute Gasteiger partial charge is 0.326 e. The predicted molar refractivity (Wildman–Crippen MR) is 63.3 cm³/mol. The van der Waals surface area contributed by atoms with E-state index in [9.17, 15) is 4.79 Å². The van der Waals surface area contributed by atoms with Crippen LogP contribution in [0.4, 0.5) is 5.69 Å². The number of rotatable bonds is 3. The normalized spacial score (nSPS) is 12.8. The number of carboxylic acids is 1. The number of nitrogen functional groups attached to an aromatic ring is 1. The number of hydrogen-bond donors (Lipinski definition) is 2. The fraction of sp³-hybridized carbons (Fsp3) is 0.250. The van der Waals surface area contributed by atoms with Crippen molar-refractivity contribution in [3.05, 3.63) is 30.5 Å². The van der Waals surface area contributed by atoms with Gasteiger partial charge in [0, 0.05) is 11.9 Å². The van der Waals surface area contributed by atoms with Crippen molar-refractivity contribution in [3.63, 3.8) is 0 Å². The monoisotopic (exact) mass is 218 g/mol. The van der Waals surface area contributed by atoms with Crippen LogP contribution in [0.5, 0.6) is 0 Å². The van der Waals surface area contributed by atoms with Gasteiger partial charge in [0.25, 0.3) is 0 Å². The number of nitrogens with zero attached hydrogens (tertiary/aromatic N) is 1. The molecule has 0 radical (unpaired) electrons. The largest absolute Gasteiger partial charge is 0.480 e. The number of aliphatic carboxylic acids is 1. The van der Waals surface area contributed by atoms with E-state index in [0.29, 0.717) is 12.1 Å². The summed E-state index contributed by atoms with van der Waals surface area (Å²) in [4.78, 5) is 11.1. The summed E-state index contributed by atoms with van der Waals surface area (Å²) in [6, 6.07) is 6.89. The van der Waals surface area contributed by atoms with Crippen molar-refractivity contribution in [1.82, 2.24) is 4.57 Å². The SMILES string of the molecule is CCC(C(=O)O)n1ccc2ccc(N)cc21. The first-order valence-electron chi connectivity index (χ1n) is 5.22. The highest BCUT2D eigenvalue weighted by atomic mass is 16.4. The minimum atomic E-state index is -0.817. The zero-order valence-electron chi connectivity index (χ0n) is 9.05. The summed E-state index contributed by atoms with van der Waals surface area (Å²) < 4.78 is 1.76. The standard InChI is InChI=1S/C12H14N2O2/c1-2-10(12(15)16)14-6-5-8-3-4-9(13)7-11(8)14/h3-7,10H,2,13H2,1H3,(H,15,16). The molecule has 0 aliphatic heterocycles. The van der Waals surface area contributed by atoms with Gasteiger partial charge in [-0.1, -0.05) is 13.0 Å². The maximum Gasteiger partial charge on any atom is 0.326 e. The molecule has 0 spiro atoms. The van der Waals surface area contributed by atoms with E-state index in [2.05, 4.69) is 0 Å². The van der Waals surface area contributed by atoms with E-state index in [1.807, 2.05) is 25.1 Å². The molecule has 1 unspecified atom stereocenters. The molecule has 4 heteroatoms. The highest BCUT2D eigenvalue weighted by molar-refractivity contribution is 5.85. The lowest BCUT2D eigenvalue weighted by Gasteiger charge is -2.13. The molecule has 1 atom stereocenters. The molecule has 0 bridgehead atoms. The van der Waals surface area contributed by atoms with Crippen LogP contribution in [0.1, 0.15) is 19.4 Å². The molecule has 2 rings (SSSR count). The molecule has 4 nitrogen and oxygen atoms in total. The quantitative estimate of drug-likeness (QED) is 0.776. The molecule has 1 aromatic carbocycles. The Morgan fingerprint density at radius 3 is 2.88 bits per heavy atom. The van der Waals surface area contributed by atoms with E-state index in [1.165, 1.54) is 0 Å². The van der Waals surface area contributed by atoms with Crippen molar-refractivity contribution >= 4 is 22.6 Å². The van der Waals surface area contributed by atoms with Crippen LogP contribution in [0.3, 0.4) is 0 Å². The van der Waals surface area contributed by atoms with Crippen LogP contribution in [0.15, 0.2) is 30.5 Å². The first-order valence-corrected chi connectivity index (χ1v) is 5.22. The predicted octanol–water partition coefficient (Wildman–Crippen LogP) is 2.26. The van der Waals surface area contributed by atoms with Gasteiger partial charge >= 0.3 is 5.97 Å². The number of carboxylic acid groups (broad SMARTS) is 1. The molecule has 1 aromatic heterocycles. The van der Waals surface area contributed by atoms with Gasteiger partial charge in [-0.05, 0) is 30.0 Å². The van der Waals surface area contributed by atoms with E-state index >= 15 is 0 Å². The van der Waals surface area contributed by atoms with E-state index in [-0.39, 0.29) is 0 Å². The van der Waals surface area contributed by atoms with E-state index in [1.54, 1.807) is 16.8 Å². The summed E-state index contributed by atoms with van der Waals surface area (Å²) in [6.45, 7) is 1.86. The highest BCUT2D eigenvalue weighted by Crippen LogP contribution is 2.24. The number of anilines is 1. The average Bonchev–Trinajstić information content (AvgIpc) is 2.62. The fourth-order valence-electron chi connectivity index (χ4n) is 1.93. The molecule has 84 valence electrons. The molecular weight excluding hydrogens is 204 g/mol. The minimum absolute atomic E-state index is 0.528. The van der Waals surface area contributed by atoms with Gasteiger partial charge in [-0.25, -0.2) is 4.79 Å².